The lowest BCUT2D eigenvalue weighted by Gasteiger charge is -2.25. The van der Waals surface area contributed by atoms with Crippen LogP contribution >= 0.6 is 0 Å². The van der Waals surface area contributed by atoms with Gasteiger partial charge < -0.3 is 9.53 Å². The van der Waals surface area contributed by atoms with E-state index in [0.717, 1.165) is 22.6 Å². The minimum atomic E-state index is -0.518. The molecule has 2 heteroatoms. The van der Waals surface area contributed by atoms with Crippen LogP contribution in [0.4, 0.5) is 0 Å². The normalized spacial score (nSPS) is 13.5. The van der Waals surface area contributed by atoms with E-state index in [4.69, 9.17) is 4.74 Å². The van der Waals surface area contributed by atoms with Crippen LogP contribution in [0.2, 0.25) is 0 Å². The van der Waals surface area contributed by atoms with Gasteiger partial charge >= 0.3 is 0 Å². The summed E-state index contributed by atoms with van der Waals surface area (Å²) in [5, 5.41) is 2.20. The summed E-state index contributed by atoms with van der Waals surface area (Å²) in [4.78, 5) is 11.3. The molecule has 2 aromatic carbocycles. The predicted molar refractivity (Wildman–Crippen MR) is 73.6 cm³/mol. The monoisotopic (exact) mass is 242 g/mol. The summed E-state index contributed by atoms with van der Waals surface area (Å²) in [6.07, 6.45) is 0.351. The first-order valence-corrected chi connectivity index (χ1v) is 6.12. The fourth-order valence-electron chi connectivity index (χ4n) is 2.04. The fourth-order valence-corrected chi connectivity index (χ4v) is 2.04. The summed E-state index contributed by atoms with van der Waals surface area (Å²) >= 11 is 0. The molecule has 0 bridgehead atoms. The zero-order chi connectivity index (χ0) is 13.2. The first-order chi connectivity index (χ1) is 8.51. The lowest BCUT2D eigenvalue weighted by atomic mass is 10.0. The van der Waals surface area contributed by atoms with Crippen molar-refractivity contribution in [2.75, 3.05) is 0 Å². The number of rotatable bonds is 3. The summed E-state index contributed by atoms with van der Waals surface area (Å²) in [7, 11) is 0. The van der Waals surface area contributed by atoms with Crippen LogP contribution in [-0.4, -0.2) is 11.9 Å². The second-order valence-corrected chi connectivity index (χ2v) is 5.36. The number of hydrogen-bond acceptors (Lipinski definition) is 2. The smallest absolute Gasteiger partial charge is 0.153 e. The Morgan fingerprint density at radius 1 is 1.06 bits per heavy atom. The Labute approximate surface area is 108 Å². The number of ether oxygens (including phenoxy) is 1. The number of aldehydes is 1. The molecule has 2 rings (SSSR count). The molecule has 0 fully saturated rings. The maximum atomic E-state index is 11.3. The van der Waals surface area contributed by atoms with Gasteiger partial charge in [-0.05, 0) is 37.1 Å². The van der Waals surface area contributed by atoms with E-state index in [-0.39, 0.29) is 5.60 Å². The molecule has 1 atom stereocenters. The Hall–Kier alpha value is -1.67. The second kappa shape index (κ2) is 4.91. The van der Waals surface area contributed by atoms with Gasteiger partial charge in [-0.1, -0.05) is 42.5 Å². The molecular formula is C16H18O2. The van der Waals surface area contributed by atoms with Crippen LogP contribution in [0, 0.1) is 0 Å². The van der Waals surface area contributed by atoms with Crippen molar-refractivity contribution in [1.29, 1.82) is 0 Å². The Balaban J connectivity index is 2.48. The van der Waals surface area contributed by atoms with Crippen LogP contribution in [-0.2, 0) is 9.53 Å². The van der Waals surface area contributed by atoms with Gasteiger partial charge in [-0.2, -0.15) is 0 Å². The van der Waals surface area contributed by atoms with Crippen molar-refractivity contribution in [2.45, 2.75) is 32.5 Å². The van der Waals surface area contributed by atoms with E-state index in [0.29, 0.717) is 0 Å². The summed E-state index contributed by atoms with van der Waals surface area (Å²) < 4.78 is 5.81. The maximum absolute atomic E-state index is 11.3. The van der Waals surface area contributed by atoms with E-state index in [1.54, 1.807) is 0 Å². The van der Waals surface area contributed by atoms with Crippen LogP contribution in [0.5, 0.6) is 0 Å². The molecule has 0 heterocycles. The lowest BCUT2D eigenvalue weighted by Crippen LogP contribution is -2.23. The molecule has 0 N–H and O–H groups in total. The van der Waals surface area contributed by atoms with Crippen LogP contribution in [0.1, 0.15) is 32.4 Å². The van der Waals surface area contributed by atoms with Gasteiger partial charge in [-0.25, -0.2) is 0 Å². The third kappa shape index (κ3) is 2.77. The Bertz CT molecular complexity index is 547. The highest BCUT2D eigenvalue weighted by Gasteiger charge is 2.21. The van der Waals surface area contributed by atoms with Crippen molar-refractivity contribution in [1.82, 2.24) is 0 Å². The minimum Gasteiger partial charge on any atom is -0.360 e. The summed E-state index contributed by atoms with van der Waals surface area (Å²) in [5.74, 6) is 0. The van der Waals surface area contributed by atoms with Gasteiger partial charge in [0, 0.05) is 0 Å². The molecule has 0 saturated carbocycles. The highest BCUT2D eigenvalue weighted by molar-refractivity contribution is 5.88. The molecule has 0 aromatic heterocycles. The van der Waals surface area contributed by atoms with Crippen molar-refractivity contribution >= 4 is 17.1 Å². The summed E-state index contributed by atoms with van der Waals surface area (Å²) in [6, 6.07) is 14.0. The van der Waals surface area contributed by atoms with E-state index in [2.05, 4.69) is 0 Å². The first kappa shape index (κ1) is 12.8. The average molecular weight is 242 g/mol. The molecule has 0 saturated heterocycles. The van der Waals surface area contributed by atoms with Crippen LogP contribution in [0.25, 0.3) is 10.8 Å². The highest BCUT2D eigenvalue weighted by Crippen LogP contribution is 2.28. The molecular weight excluding hydrogens is 224 g/mol. The van der Waals surface area contributed by atoms with Crippen LogP contribution in [0.3, 0.4) is 0 Å². The molecule has 0 radical (unpaired) electrons. The molecule has 0 aliphatic rings. The fraction of sp³-hybridized carbons (Fsp3) is 0.312. The van der Waals surface area contributed by atoms with Crippen molar-refractivity contribution in [3.05, 3.63) is 48.0 Å². The Morgan fingerprint density at radius 3 is 2.39 bits per heavy atom. The zero-order valence-electron chi connectivity index (χ0n) is 11.0. The van der Waals surface area contributed by atoms with E-state index in [9.17, 15) is 4.79 Å². The predicted octanol–water partition coefficient (Wildman–Crippen LogP) is 3.89. The second-order valence-electron chi connectivity index (χ2n) is 5.36. The van der Waals surface area contributed by atoms with Gasteiger partial charge in [-0.3, -0.25) is 0 Å². The van der Waals surface area contributed by atoms with Gasteiger partial charge in [0.1, 0.15) is 6.10 Å². The lowest BCUT2D eigenvalue weighted by molar-refractivity contribution is -0.128. The van der Waals surface area contributed by atoms with Crippen molar-refractivity contribution < 1.29 is 9.53 Å². The molecule has 0 amide bonds. The molecule has 18 heavy (non-hydrogen) atoms. The molecule has 2 nitrogen and oxygen atoms in total. The summed E-state index contributed by atoms with van der Waals surface area (Å²) in [6.45, 7) is 5.86. The van der Waals surface area contributed by atoms with Gasteiger partial charge in [0.05, 0.1) is 5.60 Å². The molecule has 0 spiro atoms. The molecule has 2 aromatic rings. The van der Waals surface area contributed by atoms with E-state index in [1.807, 2.05) is 63.2 Å². The third-order valence-electron chi connectivity index (χ3n) is 2.73. The molecule has 1 unspecified atom stereocenters. The first-order valence-electron chi connectivity index (χ1n) is 6.12. The van der Waals surface area contributed by atoms with Crippen LogP contribution in [0.15, 0.2) is 42.5 Å². The van der Waals surface area contributed by atoms with Gasteiger partial charge in [-0.15, -0.1) is 0 Å². The standard InChI is InChI=1S/C16H18O2/c1-16(2,3)18-15(11-17)14-10-6-8-12-7-4-5-9-13(12)14/h4-11,15H,1-3H3. The Morgan fingerprint density at radius 2 is 1.72 bits per heavy atom. The van der Waals surface area contributed by atoms with Crippen molar-refractivity contribution in [2.24, 2.45) is 0 Å². The maximum Gasteiger partial charge on any atom is 0.153 e. The van der Waals surface area contributed by atoms with Gasteiger partial charge in [0.25, 0.3) is 0 Å². The molecule has 0 aliphatic heterocycles. The van der Waals surface area contributed by atoms with E-state index < -0.39 is 6.10 Å². The number of carbonyl (C=O) groups is 1. The quantitative estimate of drug-likeness (QED) is 0.763. The molecule has 94 valence electrons. The SMILES string of the molecule is CC(C)(C)OC(C=O)c1cccc2ccccc12. The number of hydrogen-bond donors (Lipinski definition) is 0. The largest absolute Gasteiger partial charge is 0.360 e. The van der Waals surface area contributed by atoms with E-state index in [1.165, 1.54) is 0 Å². The van der Waals surface area contributed by atoms with Crippen molar-refractivity contribution in [3.63, 3.8) is 0 Å². The minimum absolute atomic E-state index is 0.345. The molecule has 0 aliphatic carbocycles. The van der Waals surface area contributed by atoms with Gasteiger partial charge in [0.2, 0.25) is 0 Å². The topological polar surface area (TPSA) is 26.3 Å². The Kier molecular flexibility index (Phi) is 3.48. The number of carbonyl (C=O) groups excluding carboxylic acids is 1. The van der Waals surface area contributed by atoms with Gasteiger partial charge in [0.15, 0.2) is 6.29 Å². The van der Waals surface area contributed by atoms with E-state index >= 15 is 0 Å². The third-order valence-corrected chi connectivity index (χ3v) is 2.73. The number of fused-ring (bicyclic) bond motifs is 1. The zero-order valence-corrected chi connectivity index (χ0v) is 11.0. The highest BCUT2D eigenvalue weighted by atomic mass is 16.5. The number of benzene rings is 2. The van der Waals surface area contributed by atoms with Crippen molar-refractivity contribution in [3.8, 4) is 0 Å². The summed E-state index contributed by atoms with van der Waals surface area (Å²) in [5.41, 5.74) is 0.584. The average Bonchev–Trinajstić information content (AvgIpc) is 2.34. The van der Waals surface area contributed by atoms with Crippen LogP contribution < -0.4 is 0 Å².